The minimum Gasteiger partial charge on any atom is -0.434 e. The van der Waals surface area contributed by atoms with Gasteiger partial charge in [0.15, 0.2) is 0 Å². The molecule has 0 spiro atoms. The fraction of sp³-hybridized carbons (Fsp3) is 0.944. The van der Waals surface area contributed by atoms with Crippen LogP contribution in [0.4, 0.5) is 4.79 Å². The Kier molecular flexibility index (Phi) is 5.69. The van der Waals surface area contributed by atoms with Crippen LogP contribution in [0.15, 0.2) is 0 Å². The SMILES string of the molecule is O=C(OCCCCCBr)OCCC12CC3CC(CC(C3)C1)C2. The topological polar surface area (TPSA) is 35.5 Å². The molecule has 3 nitrogen and oxygen atoms in total. The van der Waals surface area contributed by atoms with Crippen molar-refractivity contribution < 1.29 is 14.3 Å². The molecule has 4 rings (SSSR count). The van der Waals surface area contributed by atoms with Crippen LogP contribution in [0.2, 0.25) is 0 Å². The summed E-state index contributed by atoms with van der Waals surface area (Å²) in [6.45, 7) is 1.04. The van der Waals surface area contributed by atoms with E-state index in [1.165, 1.54) is 38.5 Å². The van der Waals surface area contributed by atoms with Crippen LogP contribution in [-0.2, 0) is 9.47 Å². The molecule has 4 fully saturated rings. The largest absolute Gasteiger partial charge is 0.508 e. The van der Waals surface area contributed by atoms with Gasteiger partial charge in [0.05, 0.1) is 13.2 Å². The summed E-state index contributed by atoms with van der Waals surface area (Å²) in [6, 6.07) is 0. The zero-order valence-electron chi connectivity index (χ0n) is 13.5. The van der Waals surface area contributed by atoms with Gasteiger partial charge in [-0.15, -0.1) is 0 Å². The van der Waals surface area contributed by atoms with Crippen molar-refractivity contribution >= 4 is 22.1 Å². The molecule has 0 saturated heterocycles. The van der Waals surface area contributed by atoms with Gasteiger partial charge in [0.25, 0.3) is 0 Å². The summed E-state index contributed by atoms with van der Waals surface area (Å²) in [7, 11) is 0. The summed E-state index contributed by atoms with van der Waals surface area (Å²) in [5.41, 5.74) is 0.491. The Balaban J connectivity index is 1.32. The van der Waals surface area contributed by atoms with E-state index in [9.17, 15) is 4.79 Å². The lowest BCUT2D eigenvalue weighted by atomic mass is 9.49. The molecule has 126 valence electrons. The molecule has 4 heteroatoms. The Labute approximate surface area is 142 Å². The summed E-state index contributed by atoms with van der Waals surface area (Å²) in [5.74, 6) is 2.90. The molecular formula is C18H29BrO3. The van der Waals surface area contributed by atoms with Crippen LogP contribution in [-0.4, -0.2) is 24.7 Å². The molecule has 0 aromatic rings. The van der Waals surface area contributed by atoms with Crippen molar-refractivity contribution in [1.29, 1.82) is 0 Å². The maximum Gasteiger partial charge on any atom is 0.508 e. The van der Waals surface area contributed by atoms with Crippen molar-refractivity contribution in [3.8, 4) is 0 Å². The Morgan fingerprint density at radius 1 is 0.909 bits per heavy atom. The molecule has 0 atom stereocenters. The molecule has 22 heavy (non-hydrogen) atoms. The zero-order chi connectivity index (χ0) is 15.4. The highest BCUT2D eigenvalue weighted by atomic mass is 79.9. The van der Waals surface area contributed by atoms with Crippen molar-refractivity contribution in [2.24, 2.45) is 23.2 Å². The summed E-state index contributed by atoms with van der Waals surface area (Å²) < 4.78 is 10.5. The van der Waals surface area contributed by atoms with E-state index in [0.29, 0.717) is 18.6 Å². The molecule has 0 aromatic carbocycles. The van der Waals surface area contributed by atoms with Crippen molar-refractivity contribution in [2.75, 3.05) is 18.5 Å². The van der Waals surface area contributed by atoms with Crippen LogP contribution in [0, 0.1) is 23.2 Å². The van der Waals surface area contributed by atoms with E-state index in [1.807, 2.05) is 0 Å². The van der Waals surface area contributed by atoms with E-state index in [1.54, 1.807) is 0 Å². The Morgan fingerprint density at radius 3 is 2.09 bits per heavy atom. The number of ether oxygens (including phenoxy) is 2. The van der Waals surface area contributed by atoms with Gasteiger partial charge in [0, 0.05) is 5.33 Å². The van der Waals surface area contributed by atoms with Crippen LogP contribution in [0.25, 0.3) is 0 Å². The lowest BCUT2D eigenvalue weighted by Gasteiger charge is -2.57. The molecule has 0 aromatic heterocycles. The molecule has 4 bridgehead atoms. The van der Waals surface area contributed by atoms with E-state index < -0.39 is 6.16 Å². The number of hydrogen-bond donors (Lipinski definition) is 0. The Hall–Kier alpha value is -0.250. The predicted octanol–water partition coefficient (Wildman–Crippen LogP) is 5.31. The number of halogens is 1. The third-order valence-electron chi connectivity index (χ3n) is 6.02. The number of unbranched alkanes of at least 4 members (excludes halogenated alkanes) is 2. The minimum atomic E-state index is -0.469. The first-order chi connectivity index (χ1) is 10.7. The molecule has 4 saturated carbocycles. The smallest absolute Gasteiger partial charge is 0.434 e. The summed E-state index contributed by atoms with van der Waals surface area (Å²) in [6.07, 6.45) is 12.3. The maximum absolute atomic E-state index is 11.6. The van der Waals surface area contributed by atoms with Gasteiger partial charge in [-0.2, -0.15) is 0 Å². The second-order valence-corrected chi connectivity index (χ2v) is 8.66. The first-order valence-corrected chi connectivity index (χ1v) is 10.2. The van der Waals surface area contributed by atoms with Gasteiger partial charge in [-0.05, 0) is 87.4 Å². The molecule has 0 heterocycles. The van der Waals surface area contributed by atoms with Crippen LogP contribution in [0.1, 0.15) is 64.2 Å². The fourth-order valence-electron chi connectivity index (χ4n) is 5.52. The van der Waals surface area contributed by atoms with Gasteiger partial charge in [-0.3, -0.25) is 0 Å². The predicted molar refractivity (Wildman–Crippen MR) is 90.2 cm³/mol. The van der Waals surface area contributed by atoms with Gasteiger partial charge in [-0.1, -0.05) is 15.9 Å². The molecule has 0 amide bonds. The highest BCUT2D eigenvalue weighted by Crippen LogP contribution is 2.61. The highest BCUT2D eigenvalue weighted by Gasteiger charge is 2.50. The van der Waals surface area contributed by atoms with Crippen molar-refractivity contribution in [3.05, 3.63) is 0 Å². The van der Waals surface area contributed by atoms with Gasteiger partial charge >= 0.3 is 6.16 Å². The van der Waals surface area contributed by atoms with E-state index in [2.05, 4.69) is 15.9 Å². The number of carbonyl (C=O) groups is 1. The summed E-state index contributed by atoms with van der Waals surface area (Å²) in [5, 5.41) is 1.02. The third kappa shape index (κ3) is 4.18. The molecule has 0 unspecified atom stereocenters. The number of alkyl halides is 1. The van der Waals surface area contributed by atoms with E-state index in [-0.39, 0.29) is 0 Å². The summed E-state index contributed by atoms with van der Waals surface area (Å²) >= 11 is 3.40. The van der Waals surface area contributed by atoms with E-state index >= 15 is 0 Å². The quantitative estimate of drug-likeness (QED) is 0.329. The number of carbonyl (C=O) groups excluding carboxylic acids is 1. The fourth-order valence-corrected chi connectivity index (χ4v) is 5.91. The van der Waals surface area contributed by atoms with Crippen LogP contribution >= 0.6 is 15.9 Å². The van der Waals surface area contributed by atoms with Gasteiger partial charge in [0.1, 0.15) is 0 Å². The molecule has 4 aliphatic carbocycles. The summed E-state index contributed by atoms with van der Waals surface area (Å²) in [4.78, 5) is 11.6. The second-order valence-electron chi connectivity index (χ2n) is 7.86. The van der Waals surface area contributed by atoms with Crippen molar-refractivity contribution in [3.63, 3.8) is 0 Å². The van der Waals surface area contributed by atoms with E-state index in [0.717, 1.165) is 48.8 Å². The molecule has 0 radical (unpaired) electrons. The molecule has 0 aliphatic heterocycles. The molecule has 0 N–H and O–H groups in total. The standard InChI is InChI=1S/C18H29BrO3/c19-5-2-1-3-6-21-17(20)22-7-4-18-11-14-8-15(12-18)10-16(9-14)13-18/h14-16H,1-13H2. The average molecular weight is 373 g/mol. The first-order valence-electron chi connectivity index (χ1n) is 9.05. The average Bonchev–Trinajstić information content (AvgIpc) is 2.45. The zero-order valence-corrected chi connectivity index (χ0v) is 15.1. The van der Waals surface area contributed by atoms with Gasteiger partial charge < -0.3 is 9.47 Å². The van der Waals surface area contributed by atoms with Crippen molar-refractivity contribution in [2.45, 2.75) is 64.2 Å². The third-order valence-corrected chi connectivity index (χ3v) is 6.58. The van der Waals surface area contributed by atoms with Gasteiger partial charge in [0.2, 0.25) is 0 Å². The Morgan fingerprint density at radius 2 is 1.50 bits per heavy atom. The highest BCUT2D eigenvalue weighted by molar-refractivity contribution is 9.09. The monoisotopic (exact) mass is 372 g/mol. The molecular weight excluding hydrogens is 344 g/mol. The normalized spacial score (nSPS) is 35.6. The van der Waals surface area contributed by atoms with E-state index in [4.69, 9.17) is 9.47 Å². The lowest BCUT2D eigenvalue weighted by Crippen LogP contribution is -2.46. The Bertz CT molecular complexity index is 347. The first kappa shape index (κ1) is 16.6. The van der Waals surface area contributed by atoms with Crippen molar-refractivity contribution in [1.82, 2.24) is 0 Å². The second kappa shape index (κ2) is 7.55. The number of rotatable bonds is 8. The molecule has 4 aliphatic rings. The van der Waals surface area contributed by atoms with Crippen LogP contribution in [0.3, 0.4) is 0 Å². The number of hydrogen-bond acceptors (Lipinski definition) is 3. The van der Waals surface area contributed by atoms with Gasteiger partial charge in [-0.25, -0.2) is 4.79 Å². The van der Waals surface area contributed by atoms with Crippen LogP contribution in [0.5, 0.6) is 0 Å². The van der Waals surface area contributed by atoms with Crippen LogP contribution < -0.4 is 0 Å². The minimum absolute atomic E-state index is 0.469. The lowest BCUT2D eigenvalue weighted by molar-refractivity contribution is -0.0670. The maximum atomic E-state index is 11.6.